The molecule has 2 aromatic rings. The summed E-state index contributed by atoms with van der Waals surface area (Å²) in [7, 11) is 0. The van der Waals surface area contributed by atoms with E-state index in [1.807, 2.05) is 57.2 Å². The van der Waals surface area contributed by atoms with E-state index in [0.29, 0.717) is 22.6 Å². The molecule has 0 saturated carbocycles. The number of carbonyl (C=O) groups is 1. The van der Waals surface area contributed by atoms with Gasteiger partial charge in [-0.15, -0.1) is 0 Å². The van der Waals surface area contributed by atoms with Crippen LogP contribution in [0.4, 0.5) is 10.5 Å². The first-order valence-electron chi connectivity index (χ1n) is 8.23. The highest BCUT2D eigenvalue weighted by Crippen LogP contribution is 2.34. The molecule has 5 nitrogen and oxygen atoms in total. The first kappa shape index (κ1) is 20.5. The lowest BCUT2D eigenvalue weighted by Crippen LogP contribution is -2.62. The van der Waals surface area contributed by atoms with Crippen molar-refractivity contribution in [2.75, 3.05) is 11.9 Å². The molecule has 1 aromatic carbocycles. The van der Waals surface area contributed by atoms with Crippen molar-refractivity contribution >= 4 is 39.3 Å². The Morgan fingerprint density at radius 3 is 2.46 bits per heavy atom. The fraction of sp³-hybridized carbons (Fsp3) is 0.368. The Hall–Kier alpha value is -1.79. The smallest absolute Gasteiger partial charge is 0.405 e. The fourth-order valence-electron chi connectivity index (χ4n) is 2.79. The van der Waals surface area contributed by atoms with E-state index in [1.165, 1.54) is 0 Å². The number of rotatable bonds is 6. The highest BCUT2D eigenvalue weighted by molar-refractivity contribution is 9.10. The topological polar surface area (TPSA) is 74.2 Å². The molecule has 0 radical (unpaired) electrons. The Kier molecular flexibility index (Phi) is 6.53. The second kappa shape index (κ2) is 8.27. The Balaban J connectivity index is 2.34. The number of aromatic nitrogens is 1. The van der Waals surface area contributed by atoms with Crippen LogP contribution >= 0.6 is 27.5 Å². The fourth-order valence-corrected chi connectivity index (χ4v) is 3.24. The standard InChI is InChI=1S/C19H23BrClN3O2/c1-18(2,3)19(24-17(25)26,10-13-7-5-4-6-8-13)12-23-14-9-15(20)16(21)22-11-14/h4-9,11,23-24H,10,12H2,1-3H3,(H,25,26)/t19-/m1/s1. The second-order valence-electron chi connectivity index (χ2n) is 7.27. The van der Waals surface area contributed by atoms with Gasteiger partial charge in [0.2, 0.25) is 0 Å². The number of anilines is 1. The number of halogens is 2. The number of hydrogen-bond acceptors (Lipinski definition) is 3. The first-order chi connectivity index (χ1) is 12.1. The number of amides is 1. The molecule has 0 aliphatic rings. The number of hydrogen-bond donors (Lipinski definition) is 3. The number of pyridine rings is 1. The average Bonchev–Trinajstić information content (AvgIpc) is 2.55. The van der Waals surface area contributed by atoms with Crippen molar-refractivity contribution in [3.05, 3.63) is 57.8 Å². The van der Waals surface area contributed by atoms with Crippen molar-refractivity contribution in [1.29, 1.82) is 0 Å². The highest BCUT2D eigenvalue weighted by atomic mass is 79.9. The summed E-state index contributed by atoms with van der Waals surface area (Å²) in [5, 5.41) is 16.0. The molecule has 0 fully saturated rings. The zero-order valence-corrected chi connectivity index (χ0v) is 17.4. The number of carboxylic acid groups (broad SMARTS) is 1. The lowest BCUT2D eigenvalue weighted by molar-refractivity contribution is 0.126. The lowest BCUT2D eigenvalue weighted by Gasteiger charge is -2.45. The molecule has 1 amide bonds. The Bertz CT molecular complexity index is 765. The molecule has 26 heavy (non-hydrogen) atoms. The maximum Gasteiger partial charge on any atom is 0.405 e. The van der Waals surface area contributed by atoms with Crippen LogP contribution in [0.1, 0.15) is 26.3 Å². The van der Waals surface area contributed by atoms with Crippen molar-refractivity contribution in [3.63, 3.8) is 0 Å². The second-order valence-corrected chi connectivity index (χ2v) is 8.49. The van der Waals surface area contributed by atoms with E-state index in [9.17, 15) is 9.90 Å². The van der Waals surface area contributed by atoms with Gasteiger partial charge in [0, 0.05) is 6.54 Å². The molecular formula is C19H23BrClN3O2. The number of nitrogens with one attached hydrogen (secondary N) is 2. The Morgan fingerprint density at radius 2 is 1.92 bits per heavy atom. The summed E-state index contributed by atoms with van der Waals surface area (Å²) < 4.78 is 0.680. The van der Waals surface area contributed by atoms with Gasteiger partial charge in [0.1, 0.15) is 5.15 Å². The summed E-state index contributed by atoms with van der Waals surface area (Å²) in [5.74, 6) is 0. The summed E-state index contributed by atoms with van der Waals surface area (Å²) in [5.41, 5.74) is 0.751. The minimum absolute atomic E-state index is 0.342. The molecular weight excluding hydrogens is 418 g/mol. The van der Waals surface area contributed by atoms with E-state index >= 15 is 0 Å². The molecule has 1 aromatic heterocycles. The van der Waals surface area contributed by atoms with Gasteiger partial charge < -0.3 is 15.7 Å². The summed E-state index contributed by atoms with van der Waals surface area (Å²) >= 11 is 9.30. The van der Waals surface area contributed by atoms with Crippen molar-refractivity contribution < 1.29 is 9.90 Å². The molecule has 0 bridgehead atoms. The van der Waals surface area contributed by atoms with Gasteiger partial charge in [-0.05, 0) is 39.4 Å². The van der Waals surface area contributed by atoms with E-state index < -0.39 is 11.6 Å². The third-order valence-corrected chi connectivity index (χ3v) is 5.66. The molecule has 0 unspecified atom stereocenters. The minimum atomic E-state index is -1.05. The number of benzene rings is 1. The SMILES string of the molecule is CC(C)(C)[C@](CNc1cnc(Cl)c(Br)c1)(Cc1ccccc1)NC(=O)O. The maximum absolute atomic E-state index is 11.6. The third kappa shape index (κ3) is 5.11. The molecule has 140 valence electrons. The van der Waals surface area contributed by atoms with Crippen LogP contribution in [0.5, 0.6) is 0 Å². The van der Waals surface area contributed by atoms with Gasteiger partial charge in [0.05, 0.1) is 21.9 Å². The van der Waals surface area contributed by atoms with E-state index in [2.05, 4.69) is 31.5 Å². The van der Waals surface area contributed by atoms with Crippen molar-refractivity contribution in [2.24, 2.45) is 5.41 Å². The summed E-state index contributed by atoms with van der Waals surface area (Å²) in [6.45, 7) is 6.49. The van der Waals surface area contributed by atoms with Gasteiger partial charge >= 0.3 is 6.09 Å². The Labute approximate surface area is 167 Å². The minimum Gasteiger partial charge on any atom is -0.465 e. The summed E-state index contributed by atoms with van der Waals surface area (Å²) in [6, 6.07) is 11.7. The lowest BCUT2D eigenvalue weighted by atomic mass is 9.70. The highest BCUT2D eigenvalue weighted by Gasteiger charge is 2.43. The molecule has 1 heterocycles. The van der Waals surface area contributed by atoms with Crippen LogP contribution in [0, 0.1) is 5.41 Å². The van der Waals surface area contributed by atoms with Crippen LogP contribution in [-0.4, -0.2) is 28.3 Å². The zero-order valence-electron chi connectivity index (χ0n) is 15.0. The summed E-state index contributed by atoms with van der Waals surface area (Å²) in [4.78, 5) is 15.7. The molecule has 0 aliphatic carbocycles. The van der Waals surface area contributed by atoms with Crippen molar-refractivity contribution in [3.8, 4) is 0 Å². The molecule has 7 heteroatoms. The normalized spacial score (nSPS) is 13.7. The predicted octanol–water partition coefficient (Wildman–Crippen LogP) is 5.20. The summed E-state index contributed by atoms with van der Waals surface area (Å²) in [6.07, 6.45) is 1.14. The molecule has 2 rings (SSSR count). The predicted molar refractivity (Wildman–Crippen MR) is 109 cm³/mol. The van der Waals surface area contributed by atoms with E-state index in [1.54, 1.807) is 6.20 Å². The van der Waals surface area contributed by atoms with E-state index in [-0.39, 0.29) is 5.41 Å². The van der Waals surface area contributed by atoms with Gasteiger partial charge in [-0.1, -0.05) is 62.7 Å². The van der Waals surface area contributed by atoms with Crippen LogP contribution in [0.3, 0.4) is 0 Å². The monoisotopic (exact) mass is 439 g/mol. The van der Waals surface area contributed by atoms with Gasteiger partial charge in [-0.3, -0.25) is 0 Å². The Morgan fingerprint density at radius 1 is 1.27 bits per heavy atom. The third-order valence-electron chi connectivity index (χ3n) is 4.52. The molecule has 0 aliphatic heterocycles. The molecule has 1 atom stereocenters. The van der Waals surface area contributed by atoms with Gasteiger partial charge in [-0.2, -0.15) is 0 Å². The first-order valence-corrected chi connectivity index (χ1v) is 9.40. The van der Waals surface area contributed by atoms with Crippen LogP contribution in [0.25, 0.3) is 0 Å². The van der Waals surface area contributed by atoms with Crippen LogP contribution in [0.2, 0.25) is 5.15 Å². The van der Waals surface area contributed by atoms with Crippen LogP contribution < -0.4 is 10.6 Å². The van der Waals surface area contributed by atoms with Gasteiger partial charge in [0.25, 0.3) is 0 Å². The van der Waals surface area contributed by atoms with E-state index in [0.717, 1.165) is 11.3 Å². The molecule has 0 spiro atoms. The van der Waals surface area contributed by atoms with Crippen molar-refractivity contribution in [1.82, 2.24) is 10.3 Å². The van der Waals surface area contributed by atoms with Crippen LogP contribution in [-0.2, 0) is 6.42 Å². The molecule has 0 saturated heterocycles. The van der Waals surface area contributed by atoms with Crippen molar-refractivity contribution in [2.45, 2.75) is 32.7 Å². The van der Waals surface area contributed by atoms with Crippen LogP contribution in [0.15, 0.2) is 47.1 Å². The molecule has 3 N–H and O–H groups in total. The number of nitrogens with zero attached hydrogens (tertiary/aromatic N) is 1. The largest absolute Gasteiger partial charge is 0.465 e. The van der Waals surface area contributed by atoms with E-state index in [4.69, 9.17) is 11.6 Å². The zero-order chi connectivity index (χ0) is 19.4. The van der Waals surface area contributed by atoms with Gasteiger partial charge in [-0.25, -0.2) is 9.78 Å². The van der Waals surface area contributed by atoms with Gasteiger partial charge in [0.15, 0.2) is 0 Å². The quantitative estimate of drug-likeness (QED) is 0.539. The average molecular weight is 441 g/mol. The maximum atomic E-state index is 11.6.